The van der Waals surface area contributed by atoms with Gasteiger partial charge in [-0.3, -0.25) is 4.90 Å². The van der Waals surface area contributed by atoms with Crippen molar-refractivity contribution in [1.29, 1.82) is 0 Å². The quantitative estimate of drug-likeness (QED) is 0.494. The number of nitrogens with zero attached hydrogens (tertiary/aromatic N) is 2. The van der Waals surface area contributed by atoms with Crippen molar-refractivity contribution in [3.8, 4) is 0 Å². The Morgan fingerprint density at radius 2 is 1.73 bits per heavy atom. The van der Waals surface area contributed by atoms with Gasteiger partial charge < -0.3 is 4.90 Å². The molecule has 2 amide bonds. The van der Waals surface area contributed by atoms with Gasteiger partial charge in [-0.05, 0) is 65.6 Å². The fourth-order valence-electron chi connectivity index (χ4n) is 5.71. The summed E-state index contributed by atoms with van der Waals surface area (Å²) in [4.78, 5) is 17.9. The number of urea groups is 1. The highest BCUT2D eigenvalue weighted by atomic mass is 16.2. The molecule has 3 aromatic rings. The number of amides is 2. The Kier molecular flexibility index (Phi) is 4.15. The first kappa shape index (κ1) is 17.8. The van der Waals surface area contributed by atoms with Gasteiger partial charge >= 0.3 is 6.03 Å². The fourth-order valence-corrected chi connectivity index (χ4v) is 5.71. The molecule has 2 unspecified atom stereocenters. The third-order valence-electron chi connectivity index (χ3n) is 7.09. The third-order valence-corrected chi connectivity index (χ3v) is 7.09. The molecule has 0 saturated carbocycles. The van der Waals surface area contributed by atoms with Crippen molar-refractivity contribution >= 4 is 28.1 Å². The Balaban J connectivity index is 1.34. The van der Waals surface area contributed by atoms with E-state index in [1.807, 2.05) is 11.0 Å². The van der Waals surface area contributed by atoms with E-state index in [-0.39, 0.29) is 12.1 Å². The van der Waals surface area contributed by atoms with Crippen LogP contribution in [0.15, 0.2) is 72.8 Å². The molecule has 3 aliphatic heterocycles. The van der Waals surface area contributed by atoms with Gasteiger partial charge in [0.15, 0.2) is 0 Å². The highest BCUT2D eigenvalue weighted by Crippen LogP contribution is 2.41. The van der Waals surface area contributed by atoms with Crippen molar-refractivity contribution in [3.05, 3.63) is 83.9 Å². The average Bonchev–Trinajstić information content (AvgIpc) is 3.07. The molecule has 2 bridgehead atoms. The molecule has 0 aromatic heterocycles. The number of hydrogen-bond acceptors (Lipinski definition) is 1. The van der Waals surface area contributed by atoms with Crippen LogP contribution in [-0.2, 0) is 6.42 Å². The van der Waals surface area contributed by atoms with Crippen LogP contribution >= 0.6 is 0 Å². The molecule has 3 aromatic carbocycles. The second-order valence-electron chi connectivity index (χ2n) is 8.80. The predicted octanol–water partition coefficient (Wildman–Crippen LogP) is 6.03. The van der Waals surface area contributed by atoms with Gasteiger partial charge in [0.05, 0.1) is 6.04 Å². The molecule has 6 rings (SSSR count). The first-order valence-corrected chi connectivity index (χ1v) is 11.2. The van der Waals surface area contributed by atoms with Gasteiger partial charge in [0, 0.05) is 18.3 Å². The molecule has 0 aliphatic carbocycles. The maximum absolute atomic E-state index is 13.7. The van der Waals surface area contributed by atoms with Crippen LogP contribution in [-0.4, -0.2) is 29.6 Å². The van der Waals surface area contributed by atoms with Crippen LogP contribution in [0, 0.1) is 0 Å². The van der Waals surface area contributed by atoms with E-state index in [0.717, 1.165) is 44.3 Å². The number of carbonyl (C=O) groups excluding carboxylic acids is 1. The summed E-state index contributed by atoms with van der Waals surface area (Å²) in [5.41, 5.74) is 5.15. The first-order valence-electron chi connectivity index (χ1n) is 11.2. The smallest absolute Gasteiger partial charge is 0.315 e. The van der Waals surface area contributed by atoms with Crippen molar-refractivity contribution in [3.63, 3.8) is 0 Å². The third kappa shape index (κ3) is 2.76. The van der Waals surface area contributed by atoms with Gasteiger partial charge in [-0.15, -0.1) is 0 Å². The number of benzene rings is 3. The minimum absolute atomic E-state index is 0.197. The maximum atomic E-state index is 13.7. The van der Waals surface area contributed by atoms with Gasteiger partial charge in [-0.25, -0.2) is 4.79 Å². The van der Waals surface area contributed by atoms with Crippen LogP contribution < -0.4 is 4.90 Å². The van der Waals surface area contributed by atoms with E-state index < -0.39 is 0 Å². The largest absolute Gasteiger partial charge is 0.325 e. The topological polar surface area (TPSA) is 23.6 Å². The van der Waals surface area contributed by atoms with Gasteiger partial charge in [0.25, 0.3) is 0 Å². The Hall–Kier alpha value is -3.07. The van der Waals surface area contributed by atoms with E-state index in [4.69, 9.17) is 0 Å². The molecule has 1 saturated heterocycles. The predicted molar refractivity (Wildman–Crippen MR) is 123 cm³/mol. The molecule has 1 fully saturated rings. The number of fused-ring (bicyclic) bond motifs is 4. The zero-order valence-electron chi connectivity index (χ0n) is 17.1. The minimum Gasteiger partial charge on any atom is -0.315 e. The van der Waals surface area contributed by atoms with Crippen molar-refractivity contribution in [2.75, 3.05) is 11.4 Å². The molecule has 0 spiro atoms. The zero-order valence-corrected chi connectivity index (χ0v) is 17.1. The summed E-state index contributed by atoms with van der Waals surface area (Å²) < 4.78 is 0. The molecule has 0 radical (unpaired) electrons. The van der Waals surface area contributed by atoms with Gasteiger partial charge in [-0.1, -0.05) is 66.7 Å². The van der Waals surface area contributed by atoms with Crippen molar-refractivity contribution in [2.24, 2.45) is 0 Å². The van der Waals surface area contributed by atoms with Crippen molar-refractivity contribution in [1.82, 2.24) is 4.90 Å². The van der Waals surface area contributed by atoms with Crippen LogP contribution in [0.25, 0.3) is 16.3 Å². The summed E-state index contributed by atoms with van der Waals surface area (Å²) >= 11 is 0. The molecule has 3 heterocycles. The minimum atomic E-state index is 0.197. The molecular formula is C27H26N2O. The highest BCUT2D eigenvalue weighted by Gasteiger charge is 2.42. The van der Waals surface area contributed by atoms with Gasteiger partial charge in [0.2, 0.25) is 0 Å². The average molecular weight is 395 g/mol. The number of rotatable bonds is 1. The summed E-state index contributed by atoms with van der Waals surface area (Å²) in [6, 6.07) is 24.3. The van der Waals surface area contributed by atoms with Crippen LogP contribution in [0.2, 0.25) is 0 Å². The van der Waals surface area contributed by atoms with E-state index in [0.29, 0.717) is 6.04 Å². The van der Waals surface area contributed by atoms with Crippen LogP contribution in [0.1, 0.15) is 36.8 Å². The van der Waals surface area contributed by atoms with E-state index in [2.05, 4.69) is 71.6 Å². The second-order valence-corrected chi connectivity index (χ2v) is 8.80. The number of para-hydroxylation sites is 1. The number of aryl methyl sites for hydroxylation is 1. The summed E-state index contributed by atoms with van der Waals surface area (Å²) in [6.45, 7) is 0.825. The van der Waals surface area contributed by atoms with E-state index >= 15 is 0 Å². The lowest BCUT2D eigenvalue weighted by Crippen LogP contribution is -2.51. The van der Waals surface area contributed by atoms with Crippen molar-refractivity contribution < 1.29 is 4.79 Å². The summed E-state index contributed by atoms with van der Waals surface area (Å²) in [6.07, 6.45) is 7.60. The molecule has 150 valence electrons. The normalized spacial score (nSPS) is 22.7. The standard InChI is InChI=1S/C27H26N2O/c30-27(28-16-6-10-20-8-2-4-13-26(20)28)29-22-14-15-23(29)18-21(17-22)25-12-5-9-19-7-1-3-11-24(19)25/h1-5,7-9,11-13,17,22-23H,6,10,14-16,18H2. The van der Waals surface area contributed by atoms with Gasteiger partial charge in [0.1, 0.15) is 0 Å². The van der Waals surface area contributed by atoms with Gasteiger partial charge in [-0.2, -0.15) is 0 Å². The van der Waals surface area contributed by atoms with Crippen LogP contribution in [0.5, 0.6) is 0 Å². The lowest BCUT2D eigenvalue weighted by molar-refractivity contribution is 0.186. The monoisotopic (exact) mass is 394 g/mol. The number of hydrogen-bond donors (Lipinski definition) is 0. The lowest BCUT2D eigenvalue weighted by atomic mass is 9.91. The van der Waals surface area contributed by atoms with Crippen molar-refractivity contribution in [2.45, 2.75) is 44.2 Å². The molecule has 2 atom stereocenters. The Morgan fingerprint density at radius 1 is 0.900 bits per heavy atom. The summed E-state index contributed by atoms with van der Waals surface area (Å²) in [7, 11) is 0. The SMILES string of the molecule is O=C(N1CCCc2ccccc21)N1C2C=C(c3cccc4ccccc34)CC1CC2. The van der Waals surface area contributed by atoms with E-state index in [1.165, 1.54) is 27.5 Å². The zero-order chi connectivity index (χ0) is 20.1. The molecule has 3 heteroatoms. The highest BCUT2D eigenvalue weighted by molar-refractivity contribution is 5.97. The van der Waals surface area contributed by atoms with E-state index in [9.17, 15) is 4.79 Å². The van der Waals surface area contributed by atoms with Crippen LogP contribution in [0.3, 0.4) is 0 Å². The second kappa shape index (κ2) is 7.02. The summed E-state index contributed by atoms with van der Waals surface area (Å²) in [5.74, 6) is 0. The first-order chi connectivity index (χ1) is 14.8. The Morgan fingerprint density at radius 3 is 2.67 bits per heavy atom. The lowest BCUT2D eigenvalue weighted by Gasteiger charge is -2.39. The molecule has 3 aliphatic rings. The van der Waals surface area contributed by atoms with Crippen LogP contribution in [0.4, 0.5) is 10.5 Å². The number of anilines is 1. The Labute approximate surface area is 177 Å². The fraction of sp³-hybridized carbons (Fsp3) is 0.296. The Bertz CT molecular complexity index is 1160. The maximum Gasteiger partial charge on any atom is 0.325 e. The molecule has 0 N–H and O–H groups in total. The molecule has 30 heavy (non-hydrogen) atoms. The molecular weight excluding hydrogens is 368 g/mol. The van der Waals surface area contributed by atoms with E-state index in [1.54, 1.807) is 0 Å². The molecule has 3 nitrogen and oxygen atoms in total. The summed E-state index contributed by atoms with van der Waals surface area (Å²) in [5, 5.41) is 2.60. The number of carbonyl (C=O) groups is 1.